The normalized spacial score (nSPS) is 11.7. The minimum absolute atomic E-state index is 0.000240. The Bertz CT molecular complexity index is 762. The average molecular weight is 383 g/mol. The van der Waals surface area contributed by atoms with Crippen LogP contribution in [0.4, 0.5) is 10.5 Å². The molecule has 0 saturated heterocycles. The SMILES string of the molecule is CCCC(=O)Nc1cccc(CNC(=O)NC(CN(C)C)c2ccccc2)c1. The number of carbonyl (C=O) groups is 2. The Labute approximate surface area is 167 Å². The molecule has 0 fully saturated rings. The molecule has 2 aromatic rings. The number of hydrogen-bond acceptors (Lipinski definition) is 3. The Morgan fingerprint density at radius 2 is 1.79 bits per heavy atom. The molecule has 0 saturated carbocycles. The Hall–Kier alpha value is -2.86. The van der Waals surface area contributed by atoms with Gasteiger partial charge in [0.05, 0.1) is 6.04 Å². The molecular weight excluding hydrogens is 352 g/mol. The van der Waals surface area contributed by atoms with Gasteiger partial charge in [0.15, 0.2) is 0 Å². The van der Waals surface area contributed by atoms with Crippen LogP contribution in [0.1, 0.15) is 36.9 Å². The Kier molecular flexibility index (Phi) is 8.49. The number of nitrogens with zero attached hydrogens (tertiary/aromatic N) is 1. The van der Waals surface area contributed by atoms with Gasteiger partial charge in [-0.25, -0.2) is 4.79 Å². The van der Waals surface area contributed by atoms with E-state index in [1.165, 1.54) is 0 Å². The van der Waals surface area contributed by atoms with Crippen LogP contribution < -0.4 is 16.0 Å². The van der Waals surface area contributed by atoms with E-state index in [-0.39, 0.29) is 18.0 Å². The summed E-state index contributed by atoms with van der Waals surface area (Å²) in [5.41, 5.74) is 2.73. The third-order valence-electron chi connectivity index (χ3n) is 4.20. The highest BCUT2D eigenvalue weighted by Crippen LogP contribution is 2.14. The number of rotatable bonds is 9. The molecule has 2 aromatic carbocycles. The van der Waals surface area contributed by atoms with Crippen LogP contribution in [0.15, 0.2) is 54.6 Å². The van der Waals surface area contributed by atoms with Crippen LogP contribution in [0, 0.1) is 0 Å². The standard InChI is InChI=1S/C22H30N4O2/c1-4-9-21(27)24-19-13-8-10-17(14-19)15-23-22(28)25-20(16-26(2)3)18-11-6-5-7-12-18/h5-8,10-14,20H,4,9,15-16H2,1-3H3,(H,24,27)(H2,23,25,28). The van der Waals surface area contributed by atoms with Crippen LogP contribution in [0.5, 0.6) is 0 Å². The lowest BCUT2D eigenvalue weighted by Gasteiger charge is -2.23. The number of amides is 3. The minimum Gasteiger partial charge on any atom is -0.334 e. The van der Waals surface area contributed by atoms with E-state index >= 15 is 0 Å². The molecule has 150 valence electrons. The van der Waals surface area contributed by atoms with Crippen molar-refractivity contribution in [2.24, 2.45) is 0 Å². The molecule has 6 heteroatoms. The smallest absolute Gasteiger partial charge is 0.315 e. The van der Waals surface area contributed by atoms with Crippen molar-refractivity contribution in [1.82, 2.24) is 15.5 Å². The van der Waals surface area contributed by atoms with Crippen LogP contribution in [0.3, 0.4) is 0 Å². The summed E-state index contributed by atoms with van der Waals surface area (Å²) in [4.78, 5) is 26.2. The summed E-state index contributed by atoms with van der Waals surface area (Å²) in [5.74, 6) is -0.000240. The fourth-order valence-electron chi connectivity index (χ4n) is 2.89. The predicted molar refractivity (Wildman–Crippen MR) is 113 cm³/mol. The second-order valence-corrected chi connectivity index (χ2v) is 7.05. The topological polar surface area (TPSA) is 73.5 Å². The lowest BCUT2D eigenvalue weighted by atomic mass is 10.1. The molecule has 0 aromatic heterocycles. The molecule has 0 aliphatic rings. The summed E-state index contributed by atoms with van der Waals surface area (Å²) >= 11 is 0. The van der Waals surface area contributed by atoms with Crippen molar-refractivity contribution in [3.05, 3.63) is 65.7 Å². The highest BCUT2D eigenvalue weighted by atomic mass is 16.2. The number of likely N-dealkylation sites (N-methyl/N-ethyl adjacent to an activating group) is 1. The predicted octanol–water partition coefficient (Wildman–Crippen LogP) is 3.53. The molecule has 1 unspecified atom stereocenters. The maximum atomic E-state index is 12.4. The molecule has 2 rings (SSSR count). The first kappa shape index (κ1) is 21.4. The minimum atomic E-state index is -0.226. The monoisotopic (exact) mass is 382 g/mol. The molecule has 0 aliphatic heterocycles. The number of carbonyl (C=O) groups excluding carboxylic acids is 2. The van der Waals surface area contributed by atoms with Crippen molar-refractivity contribution >= 4 is 17.6 Å². The van der Waals surface area contributed by atoms with Crippen LogP contribution in [0.2, 0.25) is 0 Å². The summed E-state index contributed by atoms with van der Waals surface area (Å²) in [6, 6.07) is 17.1. The van der Waals surface area contributed by atoms with Gasteiger partial charge in [0, 0.05) is 25.2 Å². The maximum absolute atomic E-state index is 12.4. The lowest BCUT2D eigenvalue weighted by Crippen LogP contribution is -2.41. The van der Waals surface area contributed by atoms with Crippen molar-refractivity contribution < 1.29 is 9.59 Å². The number of anilines is 1. The summed E-state index contributed by atoms with van der Waals surface area (Å²) in [6.45, 7) is 3.06. The van der Waals surface area contributed by atoms with E-state index in [4.69, 9.17) is 0 Å². The van der Waals surface area contributed by atoms with Crippen LogP contribution in [0.25, 0.3) is 0 Å². The van der Waals surface area contributed by atoms with Gasteiger partial charge in [0.25, 0.3) is 0 Å². The number of hydrogen-bond donors (Lipinski definition) is 3. The highest BCUT2D eigenvalue weighted by molar-refractivity contribution is 5.90. The van der Waals surface area contributed by atoms with E-state index in [9.17, 15) is 9.59 Å². The largest absolute Gasteiger partial charge is 0.334 e. The fourth-order valence-corrected chi connectivity index (χ4v) is 2.89. The zero-order valence-corrected chi connectivity index (χ0v) is 16.9. The van der Waals surface area contributed by atoms with E-state index in [1.54, 1.807) is 0 Å². The van der Waals surface area contributed by atoms with E-state index in [2.05, 4.69) is 16.0 Å². The summed E-state index contributed by atoms with van der Waals surface area (Å²) < 4.78 is 0. The third-order valence-corrected chi connectivity index (χ3v) is 4.20. The number of nitrogens with one attached hydrogen (secondary N) is 3. The molecule has 6 nitrogen and oxygen atoms in total. The van der Waals surface area contributed by atoms with Gasteiger partial charge >= 0.3 is 6.03 Å². The molecule has 0 heterocycles. The summed E-state index contributed by atoms with van der Waals surface area (Å²) in [7, 11) is 3.96. The van der Waals surface area contributed by atoms with Crippen molar-refractivity contribution in [2.45, 2.75) is 32.4 Å². The van der Waals surface area contributed by atoms with Gasteiger partial charge in [0.1, 0.15) is 0 Å². The zero-order chi connectivity index (χ0) is 20.4. The fraction of sp³-hybridized carbons (Fsp3) is 0.364. The molecule has 0 radical (unpaired) electrons. The first-order valence-corrected chi connectivity index (χ1v) is 9.60. The number of urea groups is 1. The second-order valence-electron chi connectivity index (χ2n) is 7.05. The van der Waals surface area contributed by atoms with E-state index < -0.39 is 0 Å². The van der Waals surface area contributed by atoms with E-state index in [0.717, 1.165) is 23.2 Å². The molecule has 3 amide bonds. The van der Waals surface area contributed by atoms with Gasteiger partial charge < -0.3 is 20.9 Å². The molecule has 3 N–H and O–H groups in total. The summed E-state index contributed by atoms with van der Waals surface area (Å²) in [6.07, 6.45) is 1.31. The van der Waals surface area contributed by atoms with Gasteiger partial charge in [-0.05, 0) is 43.8 Å². The lowest BCUT2D eigenvalue weighted by molar-refractivity contribution is -0.116. The average Bonchev–Trinajstić information content (AvgIpc) is 2.67. The molecule has 0 aliphatic carbocycles. The zero-order valence-electron chi connectivity index (χ0n) is 16.9. The first-order valence-electron chi connectivity index (χ1n) is 9.60. The Balaban J connectivity index is 1.92. The van der Waals surface area contributed by atoms with Crippen molar-refractivity contribution in [3.8, 4) is 0 Å². The van der Waals surface area contributed by atoms with E-state index in [1.807, 2.05) is 80.5 Å². The number of benzene rings is 2. The van der Waals surface area contributed by atoms with Gasteiger partial charge in [0.2, 0.25) is 5.91 Å². The van der Waals surface area contributed by atoms with Gasteiger partial charge in [-0.2, -0.15) is 0 Å². The van der Waals surface area contributed by atoms with Crippen LogP contribution in [-0.2, 0) is 11.3 Å². The van der Waals surface area contributed by atoms with Gasteiger partial charge in [-0.15, -0.1) is 0 Å². The third kappa shape index (κ3) is 7.40. The van der Waals surface area contributed by atoms with Crippen molar-refractivity contribution in [2.75, 3.05) is 26.0 Å². The molecular formula is C22H30N4O2. The van der Waals surface area contributed by atoms with Crippen molar-refractivity contribution in [3.63, 3.8) is 0 Å². The quantitative estimate of drug-likeness (QED) is 0.621. The summed E-state index contributed by atoms with van der Waals surface area (Å²) in [5, 5.41) is 8.81. The van der Waals surface area contributed by atoms with Crippen LogP contribution in [-0.4, -0.2) is 37.5 Å². The highest BCUT2D eigenvalue weighted by Gasteiger charge is 2.15. The molecule has 0 bridgehead atoms. The van der Waals surface area contributed by atoms with Crippen molar-refractivity contribution in [1.29, 1.82) is 0 Å². The van der Waals surface area contributed by atoms with Gasteiger partial charge in [-0.3, -0.25) is 4.79 Å². The van der Waals surface area contributed by atoms with Gasteiger partial charge in [-0.1, -0.05) is 49.4 Å². The molecule has 1 atom stereocenters. The Morgan fingerprint density at radius 1 is 1.04 bits per heavy atom. The first-order chi connectivity index (χ1) is 13.5. The second kappa shape index (κ2) is 11.1. The molecule has 28 heavy (non-hydrogen) atoms. The maximum Gasteiger partial charge on any atom is 0.315 e. The van der Waals surface area contributed by atoms with Crippen LogP contribution >= 0.6 is 0 Å². The molecule has 0 spiro atoms. The van der Waals surface area contributed by atoms with E-state index in [0.29, 0.717) is 19.5 Å². The Morgan fingerprint density at radius 3 is 2.46 bits per heavy atom.